The summed E-state index contributed by atoms with van der Waals surface area (Å²) >= 11 is 5.97. The molecule has 3 rings (SSSR count). The first-order valence-corrected chi connectivity index (χ1v) is 6.19. The van der Waals surface area contributed by atoms with Gasteiger partial charge in [-0.2, -0.15) is 0 Å². The van der Waals surface area contributed by atoms with Crippen LogP contribution in [0.2, 0.25) is 5.02 Å². The van der Waals surface area contributed by atoms with E-state index in [9.17, 15) is 4.39 Å². The molecule has 0 radical (unpaired) electrons. The zero-order valence-electron chi connectivity index (χ0n) is 10.5. The standard InChI is InChI=1S/C14H10ClFN2O2/c1-7-6-9(8(2)19-7)13-17-18-14(20-13)12-10(15)4-3-5-11(12)16/h3-6,17H,2H2,1H3. The lowest BCUT2D eigenvalue weighted by Gasteiger charge is -2.04. The Morgan fingerprint density at radius 3 is 2.85 bits per heavy atom. The lowest BCUT2D eigenvalue weighted by atomic mass is 10.2. The van der Waals surface area contributed by atoms with Crippen molar-refractivity contribution in [1.29, 1.82) is 0 Å². The molecule has 2 aromatic rings. The molecule has 0 saturated carbocycles. The van der Waals surface area contributed by atoms with Crippen LogP contribution in [0.25, 0.3) is 12.5 Å². The van der Waals surface area contributed by atoms with E-state index in [1.165, 1.54) is 12.1 Å². The van der Waals surface area contributed by atoms with Crippen LogP contribution in [-0.2, 0) is 4.74 Å². The summed E-state index contributed by atoms with van der Waals surface area (Å²) in [5, 5.41) is 4.81. The predicted octanol–water partition coefficient (Wildman–Crippen LogP) is 1.84. The molecule has 1 N–H and O–H groups in total. The number of nitrogens with zero attached hydrogens (tertiary/aromatic N) is 1. The number of ether oxygens (including phenoxy) is 1. The first-order chi connectivity index (χ1) is 9.56. The first-order valence-electron chi connectivity index (χ1n) is 5.82. The molecule has 2 heterocycles. The molecular formula is C14H10ClFN2O2. The molecular weight excluding hydrogens is 283 g/mol. The molecule has 0 spiro atoms. The van der Waals surface area contributed by atoms with Gasteiger partial charge in [-0.15, -0.1) is 5.10 Å². The summed E-state index contributed by atoms with van der Waals surface area (Å²) in [4.78, 5) is 0. The summed E-state index contributed by atoms with van der Waals surface area (Å²) in [7, 11) is 0. The number of halogens is 2. The van der Waals surface area contributed by atoms with Crippen LogP contribution in [0.1, 0.15) is 11.3 Å². The molecule has 0 bridgehead atoms. The van der Waals surface area contributed by atoms with Gasteiger partial charge in [0, 0.05) is 0 Å². The van der Waals surface area contributed by atoms with Crippen molar-refractivity contribution < 1.29 is 13.5 Å². The number of nitrogens with one attached hydrogen (secondary N) is 1. The monoisotopic (exact) mass is 292 g/mol. The normalized spacial score (nSPS) is 16.6. The minimum atomic E-state index is -0.502. The number of benzene rings is 1. The third-order valence-electron chi connectivity index (χ3n) is 2.81. The van der Waals surface area contributed by atoms with Crippen molar-refractivity contribution in [3.63, 3.8) is 0 Å². The molecule has 0 atom stereocenters. The zero-order chi connectivity index (χ0) is 14.3. The van der Waals surface area contributed by atoms with Gasteiger partial charge in [0.2, 0.25) is 11.8 Å². The second kappa shape index (κ2) is 4.68. The average molecular weight is 293 g/mol. The maximum atomic E-state index is 13.8. The Hall–Kier alpha value is -2.27. The van der Waals surface area contributed by atoms with Gasteiger partial charge in [0.25, 0.3) is 0 Å². The third-order valence-corrected chi connectivity index (χ3v) is 3.13. The number of hydrazone groups is 1. The van der Waals surface area contributed by atoms with Crippen molar-refractivity contribution in [3.8, 4) is 0 Å². The Kier molecular flexibility index (Phi) is 2.99. The zero-order valence-corrected chi connectivity index (χ0v) is 11.3. The highest BCUT2D eigenvalue weighted by Crippen LogP contribution is 2.22. The van der Waals surface area contributed by atoms with E-state index in [2.05, 4.69) is 17.1 Å². The van der Waals surface area contributed by atoms with E-state index in [4.69, 9.17) is 20.8 Å². The van der Waals surface area contributed by atoms with Crippen LogP contribution in [0.15, 0.2) is 33.8 Å². The number of furan rings is 1. The third kappa shape index (κ3) is 2.06. The summed E-state index contributed by atoms with van der Waals surface area (Å²) < 4.78 is 24.6. The van der Waals surface area contributed by atoms with Crippen molar-refractivity contribution in [3.05, 3.63) is 57.1 Å². The number of aryl methyl sites for hydroxylation is 1. The van der Waals surface area contributed by atoms with E-state index in [0.717, 1.165) is 0 Å². The second-order valence-electron chi connectivity index (χ2n) is 4.25. The van der Waals surface area contributed by atoms with E-state index >= 15 is 0 Å². The Morgan fingerprint density at radius 2 is 2.20 bits per heavy atom. The van der Waals surface area contributed by atoms with Crippen LogP contribution in [0.5, 0.6) is 0 Å². The van der Waals surface area contributed by atoms with Gasteiger partial charge in [0.1, 0.15) is 17.0 Å². The Bertz CT molecular complexity index is 806. The van der Waals surface area contributed by atoms with Crippen LogP contribution < -0.4 is 16.1 Å². The maximum Gasteiger partial charge on any atom is 0.250 e. The van der Waals surface area contributed by atoms with Crippen LogP contribution >= 0.6 is 11.6 Å². The van der Waals surface area contributed by atoms with Gasteiger partial charge in [-0.05, 0) is 25.1 Å². The molecule has 102 valence electrons. The topological polar surface area (TPSA) is 46.8 Å². The van der Waals surface area contributed by atoms with E-state index in [1.54, 1.807) is 19.1 Å². The highest BCUT2D eigenvalue weighted by Gasteiger charge is 2.22. The maximum absolute atomic E-state index is 13.8. The molecule has 0 unspecified atom stereocenters. The van der Waals surface area contributed by atoms with Gasteiger partial charge in [-0.25, -0.2) is 9.82 Å². The number of hydrogen-bond acceptors (Lipinski definition) is 4. The van der Waals surface area contributed by atoms with Crippen LogP contribution in [0.3, 0.4) is 0 Å². The summed E-state index contributed by atoms with van der Waals surface area (Å²) in [5.41, 5.74) is 3.25. The molecule has 0 aliphatic carbocycles. The van der Waals surface area contributed by atoms with E-state index in [-0.39, 0.29) is 16.5 Å². The number of hydrogen-bond donors (Lipinski definition) is 1. The molecule has 1 aromatic heterocycles. The second-order valence-corrected chi connectivity index (χ2v) is 4.66. The summed E-state index contributed by atoms with van der Waals surface area (Å²) in [6.45, 7) is 5.56. The quantitative estimate of drug-likeness (QED) is 0.872. The van der Waals surface area contributed by atoms with E-state index < -0.39 is 5.82 Å². The summed E-state index contributed by atoms with van der Waals surface area (Å²) in [5.74, 6) is 0.598. The molecule has 6 heteroatoms. The van der Waals surface area contributed by atoms with Crippen molar-refractivity contribution in [2.45, 2.75) is 6.92 Å². The van der Waals surface area contributed by atoms with Crippen LogP contribution in [-0.4, -0.2) is 5.90 Å². The lowest BCUT2D eigenvalue weighted by molar-refractivity contribution is 0.485. The van der Waals surface area contributed by atoms with Gasteiger partial charge in [0.05, 0.1) is 15.8 Å². The van der Waals surface area contributed by atoms with E-state index in [1.807, 2.05) is 0 Å². The molecule has 1 aromatic carbocycles. The molecule has 0 amide bonds. The van der Waals surface area contributed by atoms with Gasteiger partial charge in [0.15, 0.2) is 0 Å². The fraction of sp³-hybridized carbons (Fsp3) is 0.0714. The summed E-state index contributed by atoms with van der Waals surface area (Å²) in [6, 6.07) is 6.13. The predicted molar refractivity (Wildman–Crippen MR) is 73.8 cm³/mol. The highest BCUT2D eigenvalue weighted by molar-refractivity contribution is 6.34. The van der Waals surface area contributed by atoms with Gasteiger partial charge < -0.3 is 9.15 Å². The SMILES string of the molecule is C=c1oc(C)cc1=C1NN=C(c2c(F)cccc2Cl)O1. The smallest absolute Gasteiger partial charge is 0.250 e. The summed E-state index contributed by atoms with van der Waals surface area (Å²) in [6.07, 6.45) is 0. The molecule has 4 nitrogen and oxygen atoms in total. The molecule has 1 aliphatic heterocycles. The van der Waals surface area contributed by atoms with Crippen LogP contribution in [0, 0.1) is 12.7 Å². The Morgan fingerprint density at radius 1 is 1.40 bits per heavy atom. The van der Waals surface area contributed by atoms with Crippen LogP contribution in [0.4, 0.5) is 4.39 Å². The van der Waals surface area contributed by atoms with Gasteiger partial charge in [-0.3, -0.25) is 0 Å². The molecule has 0 saturated heterocycles. The molecule has 1 aliphatic rings. The Balaban J connectivity index is 2.04. The van der Waals surface area contributed by atoms with Gasteiger partial charge >= 0.3 is 0 Å². The lowest BCUT2D eigenvalue weighted by Crippen LogP contribution is -2.25. The highest BCUT2D eigenvalue weighted by atomic mass is 35.5. The fourth-order valence-electron chi connectivity index (χ4n) is 1.92. The Labute approximate surface area is 118 Å². The van der Waals surface area contributed by atoms with Crippen molar-refractivity contribution >= 4 is 30.0 Å². The first kappa shape index (κ1) is 12.7. The van der Waals surface area contributed by atoms with Crippen molar-refractivity contribution in [1.82, 2.24) is 5.43 Å². The van der Waals surface area contributed by atoms with Gasteiger partial charge in [-0.1, -0.05) is 24.2 Å². The largest absolute Gasteiger partial charge is 0.462 e. The average Bonchev–Trinajstić information content (AvgIpc) is 2.96. The minimum absolute atomic E-state index is 0.0707. The van der Waals surface area contributed by atoms with Crippen molar-refractivity contribution in [2.75, 3.05) is 0 Å². The molecule has 0 fully saturated rings. The number of rotatable bonds is 1. The minimum Gasteiger partial charge on any atom is -0.462 e. The van der Waals surface area contributed by atoms with Crippen molar-refractivity contribution in [2.24, 2.45) is 5.10 Å². The van der Waals surface area contributed by atoms with E-state index in [0.29, 0.717) is 22.3 Å². The molecule has 20 heavy (non-hydrogen) atoms. The fourth-order valence-corrected chi connectivity index (χ4v) is 2.17.